The molecule has 0 heterocycles. The van der Waals surface area contributed by atoms with Crippen molar-refractivity contribution in [3.8, 4) is 0 Å². The van der Waals surface area contributed by atoms with Crippen LogP contribution < -0.4 is 11.1 Å². The van der Waals surface area contributed by atoms with E-state index < -0.39 is 6.09 Å². The number of carbonyl (C=O) groups is 1. The first-order valence-electron chi connectivity index (χ1n) is 4.97. The van der Waals surface area contributed by atoms with E-state index in [1.165, 1.54) is 0 Å². The van der Waals surface area contributed by atoms with E-state index in [1.807, 2.05) is 18.2 Å². The van der Waals surface area contributed by atoms with Crippen molar-refractivity contribution < 1.29 is 9.90 Å². The van der Waals surface area contributed by atoms with Gasteiger partial charge in [-0.25, -0.2) is 4.79 Å². The van der Waals surface area contributed by atoms with Crippen LogP contribution in [0.1, 0.15) is 24.5 Å². The Kier molecular flexibility index (Phi) is 3.97. The summed E-state index contributed by atoms with van der Waals surface area (Å²) in [6.07, 6.45) is 0.987. The standard InChI is InChI=1S/C11H16N2O2/c1-2-3-9-5-4-8(6-10(9)12)7-13-11(14)15/h4-6,13H,2-3,7,12H2,1H3,(H,14,15). The Hall–Kier alpha value is -1.71. The zero-order chi connectivity index (χ0) is 11.3. The molecule has 0 radical (unpaired) electrons. The number of benzene rings is 1. The highest BCUT2D eigenvalue weighted by atomic mass is 16.4. The molecule has 0 aliphatic rings. The van der Waals surface area contributed by atoms with Crippen LogP contribution in [0.5, 0.6) is 0 Å². The lowest BCUT2D eigenvalue weighted by Gasteiger charge is -2.07. The van der Waals surface area contributed by atoms with E-state index in [0.29, 0.717) is 6.54 Å². The van der Waals surface area contributed by atoms with Crippen molar-refractivity contribution in [3.63, 3.8) is 0 Å². The van der Waals surface area contributed by atoms with Gasteiger partial charge in [0.15, 0.2) is 0 Å². The van der Waals surface area contributed by atoms with Crippen LogP contribution in [0, 0.1) is 0 Å². The van der Waals surface area contributed by atoms with Crippen molar-refractivity contribution in [2.24, 2.45) is 0 Å². The van der Waals surface area contributed by atoms with Crippen LogP contribution in [0.2, 0.25) is 0 Å². The highest BCUT2D eigenvalue weighted by Gasteiger charge is 2.01. The minimum Gasteiger partial charge on any atom is -0.465 e. The van der Waals surface area contributed by atoms with E-state index >= 15 is 0 Å². The van der Waals surface area contributed by atoms with Gasteiger partial charge in [-0.2, -0.15) is 0 Å². The first-order chi connectivity index (χ1) is 7.13. The van der Waals surface area contributed by atoms with Crippen molar-refractivity contribution in [2.45, 2.75) is 26.3 Å². The molecule has 1 rings (SSSR count). The maximum absolute atomic E-state index is 10.3. The van der Waals surface area contributed by atoms with Gasteiger partial charge in [0, 0.05) is 12.2 Å². The second kappa shape index (κ2) is 5.24. The summed E-state index contributed by atoms with van der Waals surface area (Å²) in [4.78, 5) is 10.3. The monoisotopic (exact) mass is 208 g/mol. The minimum atomic E-state index is -1.02. The topological polar surface area (TPSA) is 75.3 Å². The number of aryl methyl sites for hydroxylation is 1. The van der Waals surface area contributed by atoms with Gasteiger partial charge in [-0.1, -0.05) is 25.5 Å². The van der Waals surface area contributed by atoms with Gasteiger partial charge in [0.05, 0.1) is 0 Å². The van der Waals surface area contributed by atoms with Gasteiger partial charge in [0.1, 0.15) is 0 Å². The molecule has 0 atom stereocenters. The first kappa shape index (κ1) is 11.4. The van der Waals surface area contributed by atoms with Crippen molar-refractivity contribution >= 4 is 11.8 Å². The number of carboxylic acid groups (broad SMARTS) is 1. The van der Waals surface area contributed by atoms with E-state index in [2.05, 4.69) is 12.2 Å². The number of amides is 1. The van der Waals surface area contributed by atoms with Gasteiger partial charge in [0.2, 0.25) is 0 Å². The van der Waals surface area contributed by atoms with Crippen LogP contribution >= 0.6 is 0 Å². The Balaban J connectivity index is 2.68. The number of hydrogen-bond donors (Lipinski definition) is 3. The third-order valence-corrected chi connectivity index (χ3v) is 2.17. The second-order valence-electron chi connectivity index (χ2n) is 3.44. The lowest BCUT2D eigenvalue weighted by molar-refractivity contribution is 0.194. The summed E-state index contributed by atoms with van der Waals surface area (Å²) < 4.78 is 0. The minimum absolute atomic E-state index is 0.298. The summed E-state index contributed by atoms with van der Waals surface area (Å²) >= 11 is 0. The summed E-state index contributed by atoms with van der Waals surface area (Å²) in [5, 5.41) is 10.7. The van der Waals surface area contributed by atoms with Gasteiger partial charge < -0.3 is 16.2 Å². The molecule has 0 unspecified atom stereocenters. The van der Waals surface area contributed by atoms with E-state index in [-0.39, 0.29) is 0 Å². The van der Waals surface area contributed by atoms with Gasteiger partial charge in [-0.05, 0) is 23.6 Å². The summed E-state index contributed by atoms with van der Waals surface area (Å²) in [5.41, 5.74) is 8.58. The quantitative estimate of drug-likeness (QED) is 0.662. The van der Waals surface area contributed by atoms with Gasteiger partial charge >= 0.3 is 6.09 Å². The number of hydrogen-bond acceptors (Lipinski definition) is 2. The average Bonchev–Trinajstić information content (AvgIpc) is 2.19. The fourth-order valence-electron chi connectivity index (χ4n) is 1.43. The van der Waals surface area contributed by atoms with Crippen molar-refractivity contribution in [1.82, 2.24) is 5.32 Å². The molecule has 0 aliphatic carbocycles. The number of rotatable bonds is 4. The Morgan fingerprint density at radius 3 is 2.80 bits per heavy atom. The molecule has 1 aromatic rings. The fraction of sp³-hybridized carbons (Fsp3) is 0.364. The van der Waals surface area contributed by atoms with Crippen LogP contribution in [0.25, 0.3) is 0 Å². The molecule has 0 saturated carbocycles. The number of nitrogens with one attached hydrogen (secondary N) is 1. The summed E-state index contributed by atoms with van der Waals surface area (Å²) in [7, 11) is 0. The van der Waals surface area contributed by atoms with Crippen LogP contribution in [0.3, 0.4) is 0 Å². The average molecular weight is 208 g/mol. The van der Waals surface area contributed by atoms with Gasteiger partial charge in [0.25, 0.3) is 0 Å². The van der Waals surface area contributed by atoms with Crippen LogP contribution in [0.15, 0.2) is 18.2 Å². The third kappa shape index (κ3) is 3.50. The predicted octanol–water partition coefficient (Wildman–Crippen LogP) is 1.99. The molecule has 4 nitrogen and oxygen atoms in total. The molecular formula is C11H16N2O2. The van der Waals surface area contributed by atoms with Gasteiger partial charge in [-0.3, -0.25) is 0 Å². The highest BCUT2D eigenvalue weighted by Crippen LogP contribution is 2.15. The summed E-state index contributed by atoms with van der Waals surface area (Å²) in [6.45, 7) is 2.39. The molecule has 4 N–H and O–H groups in total. The molecule has 4 heteroatoms. The number of nitrogen functional groups attached to an aromatic ring is 1. The zero-order valence-corrected chi connectivity index (χ0v) is 8.79. The molecule has 15 heavy (non-hydrogen) atoms. The Bertz CT molecular complexity index is 350. The molecule has 0 fully saturated rings. The maximum Gasteiger partial charge on any atom is 0.404 e. The largest absolute Gasteiger partial charge is 0.465 e. The van der Waals surface area contributed by atoms with Crippen LogP contribution in [-0.4, -0.2) is 11.2 Å². The molecule has 0 saturated heterocycles. The highest BCUT2D eigenvalue weighted by molar-refractivity contribution is 5.64. The number of nitrogens with two attached hydrogens (primary N) is 1. The first-order valence-corrected chi connectivity index (χ1v) is 4.97. The summed E-state index contributed by atoms with van der Waals surface area (Å²) in [5.74, 6) is 0. The predicted molar refractivity (Wildman–Crippen MR) is 59.7 cm³/mol. The fourth-order valence-corrected chi connectivity index (χ4v) is 1.43. The molecule has 1 aromatic carbocycles. The lowest BCUT2D eigenvalue weighted by atomic mass is 10.1. The molecule has 1 amide bonds. The molecule has 82 valence electrons. The molecule has 0 aliphatic heterocycles. The maximum atomic E-state index is 10.3. The Labute approximate surface area is 89.1 Å². The van der Waals surface area contributed by atoms with Gasteiger partial charge in [-0.15, -0.1) is 0 Å². The van der Waals surface area contributed by atoms with E-state index in [1.54, 1.807) is 0 Å². The Morgan fingerprint density at radius 2 is 2.27 bits per heavy atom. The van der Waals surface area contributed by atoms with Crippen molar-refractivity contribution in [1.29, 1.82) is 0 Å². The zero-order valence-electron chi connectivity index (χ0n) is 8.79. The smallest absolute Gasteiger partial charge is 0.404 e. The molecule has 0 aromatic heterocycles. The van der Waals surface area contributed by atoms with E-state index in [0.717, 1.165) is 29.7 Å². The van der Waals surface area contributed by atoms with Crippen molar-refractivity contribution in [3.05, 3.63) is 29.3 Å². The van der Waals surface area contributed by atoms with Crippen molar-refractivity contribution in [2.75, 3.05) is 5.73 Å². The number of anilines is 1. The SMILES string of the molecule is CCCc1ccc(CNC(=O)O)cc1N. The third-order valence-electron chi connectivity index (χ3n) is 2.17. The Morgan fingerprint density at radius 1 is 1.53 bits per heavy atom. The van der Waals surface area contributed by atoms with Crippen LogP contribution in [-0.2, 0) is 13.0 Å². The normalized spacial score (nSPS) is 9.93. The lowest BCUT2D eigenvalue weighted by Crippen LogP contribution is -2.20. The summed E-state index contributed by atoms with van der Waals surface area (Å²) in [6, 6.07) is 5.68. The molecule has 0 spiro atoms. The van der Waals surface area contributed by atoms with Crippen LogP contribution in [0.4, 0.5) is 10.5 Å². The van der Waals surface area contributed by atoms with E-state index in [4.69, 9.17) is 10.8 Å². The second-order valence-corrected chi connectivity index (χ2v) is 3.44. The molecular weight excluding hydrogens is 192 g/mol. The molecule has 0 bridgehead atoms. The van der Waals surface area contributed by atoms with E-state index in [9.17, 15) is 4.79 Å².